The molecule has 0 radical (unpaired) electrons. The van der Waals surface area contributed by atoms with E-state index in [9.17, 15) is 24.0 Å². The number of pyridine rings is 2. The number of nitrogens with zero attached hydrogens (tertiary/aromatic N) is 2. The highest BCUT2D eigenvalue weighted by Crippen LogP contribution is 2.21. The summed E-state index contributed by atoms with van der Waals surface area (Å²) in [5.41, 5.74) is 2.81. The number of carbonyl (C=O) groups is 3. The second-order valence-corrected chi connectivity index (χ2v) is 13.0. The molecule has 0 aromatic carbocycles. The average Bonchev–Trinajstić information content (AvgIpc) is 3.02. The van der Waals surface area contributed by atoms with E-state index in [1.54, 1.807) is 21.3 Å². The summed E-state index contributed by atoms with van der Waals surface area (Å²) in [6.45, 7) is 19.0. The van der Waals surface area contributed by atoms with Crippen molar-refractivity contribution in [2.24, 2.45) is 5.41 Å². The van der Waals surface area contributed by atoms with Crippen LogP contribution in [0.15, 0.2) is 21.7 Å². The lowest BCUT2D eigenvalue weighted by Crippen LogP contribution is -2.50. The molecular weight excluding hydrogens is 598 g/mol. The predicted octanol–water partition coefficient (Wildman–Crippen LogP) is 6.34. The Kier molecular flexibility index (Phi) is 17.5. The maximum Gasteiger partial charge on any atom is 0.341 e. The Labute approximate surface area is 280 Å². The fourth-order valence-electron chi connectivity index (χ4n) is 5.58. The first-order valence-electron chi connectivity index (χ1n) is 17.3. The van der Waals surface area contributed by atoms with Crippen LogP contribution in [0.1, 0.15) is 144 Å². The number of aromatic nitrogens is 2. The number of aromatic carboxylic acids is 1. The molecule has 1 unspecified atom stereocenters. The van der Waals surface area contributed by atoms with Crippen molar-refractivity contribution in [2.75, 3.05) is 7.11 Å². The topological polar surface area (TPSA) is 137 Å². The van der Waals surface area contributed by atoms with Crippen LogP contribution in [0.25, 0.3) is 0 Å². The summed E-state index contributed by atoms with van der Waals surface area (Å²) in [4.78, 5) is 61.7. The molecule has 10 heteroatoms. The number of hydrogen-bond donors (Lipinski definition) is 2. The Bertz CT molecular complexity index is 1460. The van der Waals surface area contributed by atoms with Crippen molar-refractivity contribution in [1.29, 1.82) is 0 Å². The molecule has 2 rings (SSSR count). The Morgan fingerprint density at radius 1 is 0.766 bits per heavy atom. The van der Waals surface area contributed by atoms with Crippen LogP contribution >= 0.6 is 0 Å². The van der Waals surface area contributed by atoms with Gasteiger partial charge in [-0.2, -0.15) is 0 Å². The van der Waals surface area contributed by atoms with Crippen LogP contribution in [-0.4, -0.2) is 45.2 Å². The van der Waals surface area contributed by atoms with Crippen LogP contribution in [0, 0.1) is 5.41 Å². The number of amides is 1. The molecule has 1 amide bonds. The smallest absolute Gasteiger partial charge is 0.341 e. The first-order valence-corrected chi connectivity index (χ1v) is 17.3. The average molecular weight is 658 g/mol. The van der Waals surface area contributed by atoms with Crippen molar-refractivity contribution in [3.63, 3.8) is 0 Å². The molecule has 0 spiro atoms. The van der Waals surface area contributed by atoms with Gasteiger partial charge in [-0.1, -0.05) is 88.0 Å². The molecule has 0 saturated heterocycles. The number of methoxy groups -OCH3 is 1. The van der Waals surface area contributed by atoms with E-state index in [1.807, 2.05) is 34.6 Å². The highest BCUT2D eigenvalue weighted by atomic mass is 16.5. The molecule has 47 heavy (non-hydrogen) atoms. The molecule has 0 saturated carbocycles. The third kappa shape index (κ3) is 11.2. The minimum Gasteiger partial charge on any atom is -0.477 e. The Morgan fingerprint density at radius 2 is 1.19 bits per heavy atom. The fraction of sp³-hybridized carbons (Fsp3) is 0.649. The predicted molar refractivity (Wildman–Crippen MR) is 188 cm³/mol. The molecule has 0 fully saturated rings. The number of aryl methyl sites for hydroxylation is 2. The number of carboxylic acid groups (broad SMARTS) is 1. The van der Waals surface area contributed by atoms with Gasteiger partial charge in [-0.05, 0) is 67.2 Å². The van der Waals surface area contributed by atoms with Crippen LogP contribution in [0.5, 0.6) is 0 Å². The number of hydrogen-bond acceptors (Lipinski definition) is 6. The first-order chi connectivity index (χ1) is 22.2. The molecule has 0 aliphatic rings. The normalized spacial score (nSPS) is 11.8. The number of rotatable bonds is 16. The second kappa shape index (κ2) is 19.9. The summed E-state index contributed by atoms with van der Waals surface area (Å²) in [5, 5.41) is 11.9. The standard InChI is InChI=1S/C22H36N2O4.C15H23NO3/c1-8-11-13-24-17(12-9-2)15(10-3)14-16(20(24)26)19(25)23-18(21(27)28-7)22(4,5)6;1-4-7-9-16-13(8-5-2)11(6-3)10-12(14(16)17)15(18)19/h14,18H,8-13H2,1-7H3,(H,23,25);10H,4-9H2,1-3H3,(H,18,19). The van der Waals surface area contributed by atoms with Gasteiger partial charge in [0.2, 0.25) is 0 Å². The van der Waals surface area contributed by atoms with E-state index in [0.717, 1.165) is 86.7 Å². The monoisotopic (exact) mass is 657 g/mol. The van der Waals surface area contributed by atoms with Crippen molar-refractivity contribution in [1.82, 2.24) is 14.5 Å². The molecule has 2 aromatic heterocycles. The van der Waals surface area contributed by atoms with Crippen molar-refractivity contribution >= 4 is 17.8 Å². The third-order valence-corrected chi connectivity index (χ3v) is 8.24. The maximum absolute atomic E-state index is 13.1. The van der Waals surface area contributed by atoms with E-state index >= 15 is 0 Å². The van der Waals surface area contributed by atoms with Gasteiger partial charge in [-0.25, -0.2) is 9.59 Å². The van der Waals surface area contributed by atoms with Crippen LogP contribution in [0.3, 0.4) is 0 Å². The molecule has 0 bridgehead atoms. The number of carbonyl (C=O) groups excluding carboxylic acids is 2. The molecule has 0 aliphatic carbocycles. The van der Waals surface area contributed by atoms with E-state index in [2.05, 4.69) is 33.0 Å². The third-order valence-electron chi connectivity index (χ3n) is 8.24. The summed E-state index contributed by atoms with van der Waals surface area (Å²) in [5.74, 6) is -2.18. The van der Waals surface area contributed by atoms with Crippen molar-refractivity contribution in [2.45, 2.75) is 146 Å². The Morgan fingerprint density at radius 3 is 1.53 bits per heavy atom. The summed E-state index contributed by atoms with van der Waals surface area (Å²) < 4.78 is 8.27. The lowest BCUT2D eigenvalue weighted by molar-refractivity contribution is -0.145. The Hall–Kier alpha value is -3.69. The summed E-state index contributed by atoms with van der Waals surface area (Å²) in [6.07, 6.45) is 8.70. The van der Waals surface area contributed by atoms with Gasteiger partial charge >= 0.3 is 11.9 Å². The molecule has 1 atom stereocenters. The Balaban J connectivity index is 0.000000506. The zero-order chi connectivity index (χ0) is 35.9. The SMILES string of the molecule is CCCCn1c(CCC)c(CC)cc(C(=O)NC(C(=O)OC)C(C)(C)C)c1=O.CCCCn1c(CCC)c(CC)cc(C(=O)O)c1=O. The first kappa shape index (κ1) is 41.3. The zero-order valence-electron chi connectivity index (χ0n) is 30.5. The molecule has 10 nitrogen and oxygen atoms in total. The fourth-order valence-corrected chi connectivity index (χ4v) is 5.58. The molecule has 2 aromatic rings. The molecule has 0 aliphatic heterocycles. The van der Waals surface area contributed by atoms with Gasteiger partial charge < -0.3 is 24.3 Å². The molecule has 2 N–H and O–H groups in total. The van der Waals surface area contributed by atoms with Crippen molar-refractivity contribution < 1.29 is 24.2 Å². The number of unbranched alkanes of at least 4 members (excludes halogenated alkanes) is 2. The highest BCUT2D eigenvalue weighted by molar-refractivity contribution is 5.97. The van der Waals surface area contributed by atoms with Crippen molar-refractivity contribution in [3.05, 3.63) is 66.5 Å². The molecule has 264 valence electrons. The number of esters is 1. The van der Waals surface area contributed by atoms with Crippen LogP contribution in [0.4, 0.5) is 0 Å². The number of carboxylic acids is 1. The van der Waals surface area contributed by atoms with Crippen LogP contribution < -0.4 is 16.4 Å². The largest absolute Gasteiger partial charge is 0.477 e. The zero-order valence-corrected chi connectivity index (χ0v) is 30.5. The van der Waals surface area contributed by atoms with E-state index in [1.165, 1.54) is 7.11 Å². The van der Waals surface area contributed by atoms with Gasteiger partial charge in [-0.15, -0.1) is 0 Å². The molecular formula is C37H59N3O7. The second-order valence-electron chi connectivity index (χ2n) is 13.0. The van der Waals surface area contributed by atoms with E-state index < -0.39 is 29.3 Å². The number of ether oxygens (including phenoxy) is 1. The quantitative estimate of drug-likeness (QED) is 0.201. The van der Waals surface area contributed by atoms with Gasteiger partial charge in [0.15, 0.2) is 0 Å². The van der Waals surface area contributed by atoms with E-state index in [0.29, 0.717) is 13.1 Å². The maximum atomic E-state index is 13.1. The van der Waals surface area contributed by atoms with E-state index in [4.69, 9.17) is 9.84 Å². The lowest BCUT2D eigenvalue weighted by Gasteiger charge is -2.29. The van der Waals surface area contributed by atoms with Gasteiger partial charge in [0, 0.05) is 24.5 Å². The lowest BCUT2D eigenvalue weighted by atomic mass is 9.86. The molecule has 2 heterocycles. The van der Waals surface area contributed by atoms with Gasteiger partial charge in [0.05, 0.1) is 7.11 Å². The van der Waals surface area contributed by atoms with Gasteiger partial charge in [0.25, 0.3) is 17.0 Å². The van der Waals surface area contributed by atoms with Gasteiger partial charge in [-0.3, -0.25) is 14.4 Å². The summed E-state index contributed by atoms with van der Waals surface area (Å²) in [7, 11) is 1.29. The number of nitrogens with one attached hydrogen (secondary N) is 1. The van der Waals surface area contributed by atoms with Crippen LogP contribution in [-0.2, 0) is 48.3 Å². The van der Waals surface area contributed by atoms with Crippen molar-refractivity contribution in [3.8, 4) is 0 Å². The van der Waals surface area contributed by atoms with Crippen LogP contribution in [0.2, 0.25) is 0 Å². The van der Waals surface area contributed by atoms with Gasteiger partial charge in [0.1, 0.15) is 17.2 Å². The minimum absolute atomic E-state index is 0.0889. The highest BCUT2D eigenvalue weighted by Gasteiger charge is 2.34. The summed E-state index contributed by atoms with van der Waals surface area (Å²) in [6, 6.07) is 2.41. The minimum atomic E-state index is -1.13. The summed E-state index contributed by atoms with van der Waals surface area (Å²) >= 11 is 0. The van der Waals surface area contributed by atoms with E-state index in [-0.39, 0.29) is 22.2 Å².